The Kier molecular flexibility index (Phi) is 4.59. The first kappa shape index (κ1) is 12.0. The third kappa shape index (κ3) is 3.90. The zero-order chi connectivity index (χ0) is 11.3. The molecule has 15 heavy (non-hydrogen) atoms. The van der Waals surface area contributed by atoms with E-state index >= 15 is 0 Å². The zero-order valence-electron chi connectivity index (χ0n) is 9.24. The lowest BCUT2D eigenvalue weighted by Crippen LogP contribution is -2.26. The number of aliphatic carboxylic acids is 1. The topological polar surface area (TPSA) is 57.6 Å². The fourth-order valence-electron chi connectivity index (χ4n) is 1.94. The van der Waals surface area contributed by atoms with E-state index in [1.807, 2.05) is 4.90 Å². The van der Waals surface area contributed by atoms with Crippen LogP contribution in [0.15, 0.2) is 0 Å². The minimum Gasteiger partial charge on any atom is -0.481 e. The molecule has 0 spiro atoms. The molecule has 0 radical (unpaired) electrons. The molecule has 0 saturated carbocycles. The number of rotatable bonds is 6. The summed E-state index contributed by atoms with van der Waals surface area (Å²) < 4.78 is 0. The fourth-order valence-corrected chi connectivity index (χ4v) is 1.94. The summed E-state index contributed by atoms with van der Waals surface area (Å²) in [6, 6.07) is 0. The number of carbonyl (C=O) groups excluding carboxylic acids is 1. The molecule has 1 fully saturated rings. The molecule has 1 aliphatic heterocycles. The third-order valence-corrected chi connectivity index (χ3v) is 2.84. The van der Waals surface area contributed by atoms with E-state index < -0.39 is 5.97 Å². The Labute approximate surface area is 90.3 Å². The van der Waals surface area contributed by atoms with Crippen molar-refractivity contribution in [2.24, 2.45) is 5.92 Å². The molecule has 1 amide bonds. The van der Waals surface area contributed by atoms with Gasteiger partial charge in [0.2, 0.25) is 5.91 Å². The van der Waals surface area contributed by atoms with Gasteiger partial charge in [-0.25, -0.2) is 0 Å². The quantitative estimate of drug-likeness (QED) is 0.727. The van der Waals surface area contributed by atoms with E-state index in [-0.39, 0.29) is 18.2 Å². The molecule has 1 aliphatic rings. The standard InChI is InChI=1S/C11H19NO3/c1-2-3-6-12-8-9(7-10(12)13)4-5-11(14)15/h9H,2-8H2,1H3,(H,14,15). The van der Waals surface area contributed by atoms with E-state index in [4.69, 9.17) is 5.11 Å². The van der Waals surface area contributed by atoms with Gasteiger partial charge in [-0.3, -0.25) is 9.59 Å². The lowest BCUT2D eigenvalue weighted by Gasteiger charge is -2.15. The van der Waals surface area contributed by atoms with Gasteiger partial charge in [-0.1, -0.05) is 13.3 Å². The van der Waals surface area contributed by atoms with Crippen LogP contribution in [0.5, 0.6) is 0 Å². The van der Waals surface area contributed by atoms with Crippen molar-refractivity contribution in [1.29, 1.82) is 0 Å². The maximum atomic E-state index is 11.5. The highest BCUT2D eigenvalue weighted by molar-refractivity contribution is 5.78. The van der Waals surface area contributed by atoms with Crippen molar-refractivity contribution in [3.8, 4) is 0 Å². The minimum absolute atomic E-state index is 0.180. The molecule has 1 rings (SSSR count). The Bertz CT molecular complexity index is 240. The van der Waals surface area contributed by atoms with Crippen molar-refractivity contribution >= 4 is 11.9 Å². The molecular formula is C11H19NO3. The van der Waals surface area contributed by atoms with Crippen LogP contribution in [0.25, 0.3) is 0 Å². The summed E-state index contributed by atoms with van der Waals surface area (Å²) in [5.41, 5.74) is 0. The number of carboxylic acids is 1. The second kappa shape index (κ2) is 5.73. The largest absolute Gasteiger partial charge is 0.481 e. The first-order valence-electron chi connectivity index (χ1n) is 5.63. The lowest BCUT2D eigenvalue weighted by molar-refractivity contribution is -0.137. The molecule has 0 aromatic rings. The summed E-state index contributed by atoms with van der Waals surface area (Å²) >= 11 is 0. The van der Waals surface area contributed by atoms with Crippen LogP contribution in [-0.2, 0) is 9.59 Å². The highest BCUT2D eigenvalue weighted by atomic mass is 16.4. The molecule has 86 valence electrons. The van der Waals surface area contributed by atoms with Crippen molar-refractivity contribution in [3.05, 3.63) is 0 Å². The van der Waals surface area contributed by atoms with E-state index in [0.29, 0.717) is 12.8 Å². The Hall–Kier alpha value is -1.06. The van der Waals surface area contributed by atoms with Gasteiger partial charge < -0.3 is 10.0 Å². The Balaban J connectivity index is 2.28. The molecule has 1 heterocycles. The molecule has 1 atom stereocenters. The van der Waals surface area contributed by atoms with Gasteiger partial charge in [0.25, 0.3) is 0 Å². The van der Waals surface area contributed by atoms with E-state index in [1.54, 1.807) is 0 Å². The van der Waals surface area contributed by atoms with Gasteiger partial charge in [-0.15, -0.1) is 0 Å². The van der Waals surface area contributed by atoms with Crippen LogP contribution in [0.1, 0.15) is 39.0 Å². The smallest absolute Gasteiger partial charge is 0.303 e. The fraction of sp³-hybridized carbons (Fsp3) is 0.818. The van der Waals surface area contributed by atoms with E-state index in [2.05, 4.69) is 6.92 Å². The van der Waals surface area contributed by atoms with Crippen LogP contribution >= 0.6 is 0 Å². The van der Waals surface area contributed by atoms with Crippen molar-refractivity contribution in [1.82, 2.24) is 4.90 Å². The molecule has 1 unspecified atom stereocenters. The highest BCUT2D eigenvalue weighted by Gasteiger charge is 2.28. The van der Waals surface area contributed by atoms with Crippen LogP contribution in [0.2, 0.25) is 0 Å². The number of nitrogens with zero attached hydrogens (tertiary/aromatic N) is 1. The van der Waals surface area contributed by atoms with Gasteiger partial charge in [0.15, 0.2) is 0 Å². The number of carboxylic acid groups (broad SMARTS) is 1. The van der Waals surface area contributed by atoms with Gasteiger partial charge in [-0.05, 0) is 18.8 Å². The van der Waals surface area contributed by atoms with Crippen molar-refractivity contribution < 1.29 is 14.7 Å². The van der Waals surface area contributed by atoms with Gasteiger partial charge >= 0.3 is 5.97 Å². The summed E-state index contributed by atoms with van der Waals surface area (Å²) in [5.74, 6) is -0.321. The second-order valence-electron chi connectivity index (χ2n) is 4.20. The molecule has 0 aromatic carbocycles. The molecule has 1 N–H and O–H groups in total. The summed E-state index contributed by atoms with van der Waals surface area (Å²) in [6.45, 7) is 3.69. The molecule has 0 aliphatic carbocycles. The predicted octanol–water partition coefficient (Wildman–Crippen LogP) is 1.50. The van der Waals surface area contributed by atoms with Crippen LogP contribution in [0.3, 0.4) is 0 Å². The first-order valence-corrected chi connectivity index (χ1v) is 5.63. The van der Waals surface area contributed by atoms with Crippen molar-refractivity contribution in [2.45, 2.75) is 39.0 Å². The normalized spacial score (nSPS) is 21.0. The van der Waals surface area contributed by atoms with Gasteiger partial charge in [-0.2, -0.15) is 0 Å². The average molecular weight is 213 g/mol. The first-order chi connectivity index (χ1) is 7.13. The Morgan fingerprint density at radius 2 is 2.33 bits per heavy atom. The van der Waals surface area contributed by atoms with Crippen LogP contribution < -0.4 is 0 Å². The molecule has 0 aromatic heterocycles. The van der Waals surface area contributed by atoms with Crippen LogP contribution in [0.4, 0.5) is 0 Å². The van der Waals surface area contributed by atoms with Crippen LogP contribution in [0, 0.1) is 5.92 Å². The number of likely N-dealkylation sites (tertiary alicyclic amines) is 1. The van der Waals surface area contributed by atoms with Crippen molar-refractivity contribution in [2.75, 3.05) is 13.1 Å². The minimum atomic E-state index is -0.769. The number of hydrogen-bond acceptors (Lipinski definition) is 2. The SMILES string of the molecule is CCCCN1CC(CCC(=O)O)CC1=O. The maximum Gasteiger partial charge on any atom is 0.303 e. The molecule has 4 heteroatoms. The maximum absolute atomic E-state index is 11.5. The monoisotopic (exact) mass is 213 g/mol. The number of carbonyl (C=O) groups is 2. The second-order valence-corrected chi connectivity index (χ2v) is 4.20. The van der Waals surface area contributed by atoms with Crippen molar-refractivity contribution in [3.63, 3.8) is 0 Å². The summed E-state index contributed by atoms with van der Waals surface area (Å²) in [4.78, 5) is 23.8. The average Bonchev–Trinajstić information content (AvgIpc) is 2.53. The summed E-state index contributed by atoms with van der Waals surface area (Å²) in [7, 11) is 0. The summed E-state index contributed by atoms with van der Waals surface area (Å²) in [6.07, 6.45) is 3.47. The third-order valence-electron chi connectivity index (χ3n) is 2.84. The highest BCUT2D eigenvalue weighted by Crippen LogP contribution is 2.22. The number of unbranched alkanes of at least 4 members (excludes halogenated alkanes) is 1. The lowest BCUT2D eigenvalue weighted by atomic mass is 10.0. The molecule has 1 saturated heterocycles. The molecule has 4 nitrogen and oxygen atoms in total. The van der Waals surface area contributed by atoms with E-state index in [9.17, 15) is 9.59 Å². The number of amides is 1. The Morgan fingerprint density at radius 3 is 2.93 bits per heavy atom. The number of hydrogen-bond donors (Lipinski definition) is 1. The molecular weight excluding hydrogens is 194 g/mol. The van der Waals surface area contributed by atoms with Gasteiger partial charge in [0.1, 0.15) is 0 Å². The van der Waals surface area contributed by atoms with Crippen LogP contribution in [-0.4, -0.2) is 35.0 Å². The van der Waals surface area contributed by atoms with Gasteiger partial charge in [0.05, 0.1) is 0 Å². The predicted molar refractivity (Wildman–Crippen MR) is 56.5 cm³/mol. The van der Waals surface area contributed by atoms with E-state index in [0.717, 1.165) is 25.9 Å². The van der Waals surface area contributed by atoms with E-state index in [1.165, 1.54) is 0 Å². The Morgan fingerprint density at radius 1 is 1.60 bits per heavy atom. The zero-order valence-corrected chi connectivity index (χ0v) is 9.24. The van der Waals surface area contributed by atoms with Gasteiger partial charge in [0, 0.05) is 25.9 Å². The summed E-state index contributed by atoms with van der Waals surface area (Å²) in [5, 5.41) is 8.55. The molecule has 0 bridgehead atoms.